The Hall–Kier alpha value is -2.93. The van der Waals surface area contributed by atoms with Gasteiger partial charge in [0.25, 0.3) is 0 Å². The van der Waals surface area contributed by atoms with Crippen molar-refractivity contribution in [2.24, 2.45) is 0 Å². The van der Waals surface area contributed by atoms with E-state index in [1.54, 1.807) is 37.4 Å². The first kappa shape index (κ1) is 17.9. The average Bonchev–Trinajstić information content (AvgIpc) is 3.29. The van der Waals surface area contributed by atoms with Crippen LogP contribution in [0.2, 0.25) is 5.02 Å². The van der Waals surface area contributed by atoms with Gasteiger partial charge in [0.05, 0.1) is 24.4 Å². The van der Waals surface area contributed by atoms with Crippen molar-refractivity contribution >= 4 is 29.5 Å². The summed E-state index contributed by atoms with van der Waals surface area (Å²) in [6.07, 6.45) is 4.51. The number of likely N-dealkylation sites (N-methyl/N-ethyl adjacent to an activating group) is 1. The lowest BCUT2D eigenvalue weighted by Gasteiger charge is -2.14. The first-order chi connectivity index (χ1) is 12.5. The van der Waals surface area contributed by atoms with E-state index >= 15 is 0 Å². The lowest BCUT2D eigenvalue weighted by atomic mass is 10.2. The third kappa shape index (κ3) is 4.37. The van der Waals surface area contributed by atoms with E-state index < -0.39 is 0 Å². The van der Waals surface area contributed by atoms with Crippen molar-refractivity contribution in [3.63, 3.8) is 0 Å². The summed E-state index contributed by atoms with van der Waals surface area (Å²) in [5.41, 5.74) is 0.697. The number of furan rings is 1. The Balaban J connectivity index is 1.53. The van der Waals surface area contributed by atoms with E-state index in [-0.39, 0.29) is 31.7 Å². The monoisotopic (exact) mass is 376 g/mol. The molecule has 2 aromatic rings. The van der Waals surface area contributed by atoms with Gasteiger partial charge in [0, 0.05) is 13.1 Å². The van der Waals surface area contributed by atoms with Crippen LogP contribution in [0, 0.1) is 0 Å². The first-order valence-corrected chi connectivity index (χ1v) is 8.22. The van der Waals surface area contributed by atoms with Crippen molar-refractivity contribution < 1.29 is 23.5 Å². The number of benzene rings is 1. The third-order valence-electron chi connectivity index (χ3n) is 3.66. The van der Waals surface area contributed by atoms with E-state index in [0.717, 1.165) is 0 Å². The summed E-state index contributed by atoms with van der Waals surface area (Å²) < 4.78 is 15.7. The molecule has 7 nitrogen and oxygen atoms in total. The summed E-state index contributed by atoms with van der Waals surface area (Å²) in [5.74, 6) is 1.09. The van der Waals surface area contributed by atoms with Crippen molar-refractivity contribution in [1.82, 2.24) is 10.2 Å². The molecule has 0 fully saturated rings. The SMILES string of the molecule is CN(CC(=O)NCc1ccco1)C(=O)/C=C/c1cc(Cl)c2c(c1)OCO2. The molecule has 0 saturated carbocycles. The molecular formula is C18H17ClN2O5. The highest BCUT2D eigenvalue weighted by molar-refractivity contribution is 6.32. The normalized spacial score (nSPS) is 12.4. The van der Waals surface area contributed by atoms with Crippen molar-refractivity contribution in [3.05, 3.63) is 53.0 Å². The van der Waals surface area contributed by atoms with Gasteiger partial charge in [0.2, 0.25) is 18.6 Å². The number of nitrogens with zero attached hydrogens (tertiary/aromatic N) is 1. The van der Waals surface area contributed by atoms with Gasteiger partial charge < -0.3 is 24.1 Å². The fourth-order valence-electron chi connectivity index (χ4n) is 2.33. The molecule has 0 atom stereocenters. The highest BCUT2D eigenvalue weighted by atomic mass is 35.5. The van der Waals surface area contributed by atoms with Crippen LogP contribution in [0.5, 0.6) is 11.5 Å². The maximum absolute atomic E-state index is 12.2. The Bertz CT molecular complexity index is 832. The summed E-state index contributed by atoms with van der Waals surface area (Å²) in [5, 5.41) is 3.10. The Labute approximate surface area is 155 Å². The molecule has 1 aliphatic rings. The average molecular weight is 377 g/mol. The molecule has 2 heterocycles. The number of hydrogen-bond acceptors (Lipinski definition) is 5. The van der Waals surface area contributed by atoms with E-state index in [1.807, 2.05) is 0 Å². The second kappa shape index (κ2) is 7.97. The number of fused-ring (bicyclic) bond motifs is 1. The maximum Gasteiger partial charge on any atom is 0.246 e. The number of amides is 2. The van der Waals surface area contributed by atoms with Gasteiger partial charge in [0.1, 0.15) is 5.76 Å². The van der Waals surface area contributed by atoms with Crippen LogP contribution in [0.25, 0.3) is 6.08 Å². The Morgan fingerprint density at radius 2 is 2.19 bits per heavy atom. The van der Waals surface area contributed by atoms with Crippen LogP contribution in [0.4, 0.5) is 0 Å². The van der Waals surface area contributed by atoms with Crippen LogP contribution in [-0.4, -0.2) is 37.1 Å². The molecule has 1 N–H and O–H groups in total. The number of hydrogen-bond donors (Lipinski definition) is 1. The Morgan fingerprint density at radius 3 is 2.96 bits per heavy atom. The van der Waals surface area contributed by atoms with Crippen molar-refractivity contribution in [2.45, 2.75) is 6.54 Å². The molecule has 136 valence electrons. The molecule has 8 heteroatoms. The second-order valence-electron chi connectivity index (χ2n) is 5.62. The van der Waals surface area contributed by atoms with Crippen molar-refractivity contribution in [3.8, 4) is 11.5 Å². The molecule has 1 aliphatic heterocycles. The summed E-state index contributed by atoms with van der Waals surface area (Å²) in [6, 6.07) is 6.90. The van der Waals surface area contributed by atoms with Crippen molar-refractivity contribution in [1.29, 1.82) is 0 Å². The molecule has 1 aromatic heterocycles. The lowest BCUT2D eigenvalue weighted by molar-refractivity contribution is -0.131. The largest absolute Gasteiger partial charge is 0.467 e. The van der Waals surface area contributed by atoms with Crippen LogP contribution >= 0.6 is 11.6 Å². The first-order valence-electron chi connectivity index (χ1n) is 7.84. The number of carbonyl (C=O) groups excluding carboxylic acids is 2. The van der Waals surface area contributed by atoms with Gasteiger partial charge >= 0.3 is 0 Å². The molecule has 1 aromatic carbocycles. The standard InChI is InChI=1S/C18H17ClN2O5/c1-21(10-16(22)20-9-13-3-2-6-24-13)17(23)5-4-12-7-14(19)18-15(8-12)25-11-26-18/h2-8H,9-11H2,1H3,(H,20,22)/b5-4+. The van der Waals surface area contributed by atoms with E-state index in [2.05, 4.69) is 5.32 Å². The molecule has 0 spiro atoms. The molecular weight excluding hydrogens is 360 g/mol. The smallest absolute Gasteiger partial charge is 0.246 e. The molecule has 0 bridgehead atoms. The summed E-state index contributed by atoms with van der Waals surface area (Å²) in [7, 11) is 1.55. The van der Waals surface area contributed by atoms with Crippen LogP contribution in [-0.2, 0) is 16.1 Å². The van der Waals surface area contributed by atoms with Gasteiger partial charge in [-0.05, 0) is 35.9 Å². The fourth-order valence-corrected chi connectivity index (χ4v) is 2.60. The number of ether oxygens (including phenoxy) is 2. The lowest BCUT2D eigenvalue weighted by Crippen LogP contribution is -2.37. The number of rotatable bonds is 6. The third-order valence-corrected chi connectivity index (χ3v) is 3.95. The molecule has 3 rings (SSSR count). The quantitative estimate of drug-likeness (QED) is 0.783. The van der Waals surface area contributed by atoms with Gasteiger partial charge in [-0.1, -0.05) is 11.6 Å². The van der Waals surface area contributed by atoms with Gasteiger partial charge in [-0.25, -0.2) is 0 Å². The van der Waals surface area contributed by atoms with E-state index in [9.17, 15) is 9.59 Å². The minimum Gasteiger partial charge on any atom is -0.467 e. The minimum absolute atomic E-state index is 0.0637. The van der Waals surface area contributed by atoms with Crippen molar-refractivity contribution in [2.75, 3.05) is 20.4 Å². The van der Waals surface area contributed by atoms with E-state index in [4.69, 9.17) is 25.5 Å². The topological polar surface area (TPSA) is 81.0 Å². The van der Waals surface area contributed by atoms with Gasteiger partial charge in [0.15, 0.2) is 11.5 Å². The zero-order chi connectivity index (χ0) is 18.5. The highest BCUT2D eigenvalue weighted by Gasteiger charge is 2.18. The number of carbonyl (C=O) groups is 2. The molecule has 0 unspecified atom stereocenters. The zero-order valence-corrected chi connectivity index (χ0v) is 14.8. The molecule has 0 aliphatic carbocycles. The molecule has 2 amide bonds. The summed E-state index contributed by atoms with van der Waals surface area (Å²) in [4.78, 5) is 25.3. The molecule has 0 saturated heterocycles. The minimum atomic E-state index is -0.313. The number of halogens is 1. The van der Waals surface area contributed by atoms with Gasteiger partial charge in [-0.2, -0.15) is 0 Å². The Kier molecular flexibility index (Phi) is 5.48. The van der Waals surface area contributed by atoms with Crippen LogP contribution < -0.4 is 14.8 Å². The van der Waals surface area contributed by atoms with E-state index in [1.165, 1.54) is 17.2 Å². The van der Waals surface area contributed by atoms with Crippen LogP contribution in [0.15, 0.2) is 41.0 Å². The van der Waals surface area contributed by atoms with Crippen LogP contribution in [0.3, 0.4) is 0 Å². The van der Waals surface area contributed by atoms with Gasteiger partial charge in [-0.3, -0.25) is 9.59 Å². The van der Waals surface area contributed by atoms with E-state index in [0.29, 0.717) is 27.8 Å². The maximum atomic E-state index is 12.2. The predicted molar refractivity (Wildman–Crippen MR) is 94.8 cm³/mol. The number of nitrogens with one attached hydrogen (secondary N) is 1. The summed E-state index contributed by atoms with van der Waals surface area (Å²) >= 11 is 6.10. The predicted octanol–water partition coefficient (Wildman–Crippen LogP) is 2.45. The Morgan fingerprint density at radius 1 is 1.35 bits per heavy atom. The highest BCUT2D eigenvalue weighted by Crippen LogP contribution is 2.40. The van der Waals surface area contributed by atoms with Gasteiger partial charge in [-0.15, -0.1) is 0 Å². The molecule has 26 heavy (non-hydrogen) atoms. The van der Waals surface area contributed by atoms with Crippen LogP contribution in [0.1, 0.15) is 11.3 Å². The zero-order valence-electron chi connectivity index (χ0n) is 14.0. The summed E-state index contributed by atoms with van der Waals surface area (Å²) in [6.45, 7) is 0.335. The fraction of sp³-hybridized carbons (Fsp3) is 0.222. The second-order valence-corrected chi connectivity index (χ2v) is 6.03. The molecule has 0 radical (unpaired) electrons.